The number of carbonyl (C=O) groups excluding carboxylic acids is 2. The Morgan fingerprint density at radius 3 is 2.30 bits per heavy atom. The Morgan fingerprint density at radius 1 is 0.939 bits per heavy atom. The standard InChI is InChI=1S/C22H17N3O7S/c26-19-9-6-15(11-18(19)22(29)30)23-20(27)12-33-17-7-4-14(5-8-17)24-21(28)13-2-1-3-16(10-13)25(31)32/h1-11,26H,12H2,(H,23,27)(H,24,28)(H,29,30). The van der Waals surface area contributed by atoms with Crippen LogP contribution in [0.3, 0.4) is 0 Å². The van der Waals surface area contributed by atoms with E-state index in [1.807, 2.05) is 0 Å². The first-order chi connectivity index (χ1) is 15.7. The number of carboxylic acids is 1. The maximum atomic E-state index is 12.3. The van der Waals surface area contributed by atoms with E-state index in [2.05, 4.69) is 10.6 Å². The predicted octanol–water partition coefficient (Wildman–Crippen LogP) is 3.98. The van der Waals surface area contributed by atoms with Crippen molar-refractivity contribution in [2.45, 2.75) is 4.90 Å². The summed E-state index contributed by atoms with van der Waals surface area (Å²) < 4.78 is 0. The van der Waals surface area contributed by atoms with Gasteiger partial charge in [0.25, 0.3) is 11.6 Å². The van der Waals surface area contributed by atoms with E-state index in [-0.39, 0.29) is 34.2 Å². The average Bonchev–Trinajstić information content (AvgIpc) is 2.79. The molecule has 0 saturated heterocycles. The molecule has 4 N–H and O–H groups in total. The van der Waals surface area contributed by atoms with Crippen molar-refractivity contribution >= 4 is 46.6 Å². The molecular weight excluding hydrogens is 450 g/mol. The number of aromatic hydroxyl groups is 1. The van der Waals surface area contributed by atoms with E-state index >= 15 is 0 Å². The van der Waals surface area contributed by atoms with Crippen LogP contribution in [-0.4, -0.2) is 38.7 Å². The van der Waals surface area contributed by atoms with Crippen LogP contribution in [0.25, 0.3) is 0 Å². The first-order valence-electron chi connectivity index (χ1n) is 9.38. The zero-order valence-corrected chi connectivity index (χ0v) is 17.7. The van der Waals surface area contributed by atoms with Gasteiger partial charge in [-0.05, 0) is 48.5 Å². The number of rotatable bonds is 8. The van der Waals surface area contributed by atoms with Gasteiger partial charge in [0, 0.05) is 34.0 Å². The van der Waals surface area contributed by atoms with E-state index < -0.39 is 22.5 Å². The lowest BCUT2D eigenvalue weighted by molar-refractivity contribution is -0.384. The highest BCUT2D eigenvalue weighted by atomic mass is 32.2. The molecule has 0 aliphatic carbocycles. The summed E-state index contributed by atoms with van der Waals surface area (Å²) in [6, 6.07) is 15.8. The number of amides is 2. The van der Waals surface area contributed by atoms with Crippen molar-refractivity contribution < 1.29 is 29.5 Å². The van der Waals surface area contributed by atoms with Crippen molar-refractivity contribution in [3.63, 3.8) is 0 Å². The van der Waals surface area contributed by atoms with Crippen molar-refractivity contribution in [3.05, 3.63) is 88.0 Å². The van der Waals surface area contributed by atoms with Crippen molar-refractivity contribution in [2.75, 3.05) is 16.4 Å². The molecule has 0 saturated carbocycles. The molecule has 168 valence electrons. The van der Waals surface area contributed by atoms with Gasteiger partial charge in [-0.1, -0.05) is 6.07 Å². The fourth-order valence-electron chi connectivity index (χ4n) is 2.73. The summed E-state index contributed by atoms with van der Waals surface area (Å²) in [6.07, 6.45) is 0. The number of aromatic carboxylic acids is 1. The Bertz CT molecular complexity index is 1230. The van der Waals surface area contributed by atoms with Gasteiger partial charge in [-0.3, -0.25) is 19.7 Å². The molecule has 0 heterocycles. The molecule has 2 amide bonds. The number of nitro groups is 1. The van der Waals surface area contributed by atoms with Crippen LogP contribution in [0.1, 0.15) is 20.7 Å². The number of nitro benzene ring substituents is 1. The topological polar surface area (TPSA) is 159 Å². The number of phenols is 1. The molecule has 0 radical (unpaired) electrons. The smallest absolute Gasteiger partial charge is 0.339 e. The first kappa shape index (κ1) is 23.3. The molecule has 0 aromatic heterocycles. The highest BCUT2D eigenvalue weighted by Crippen LogP contribution is 2.24. The predicted molar refractivity (Wildman–Crippen MR) is 122 cm³/mol. The molecule has 33 heavy (non-hydrogen) atoms. The van der Waals surface area contributed by atoms with E-state index in [0.29, 0.717) is 5.69 Å². The second-order valence-corrected chi connectivity index (χ2v) is 7.71. The van der Waals surface area contributed by atoms with Gasteiger partial charge < -0.3 is 20.8 Å². The van der Waals surface area contributed by atoms with Crippen molar-refractivity contribution in [1.29, 1.82) is 0 Å². The monoisotopic (exact) mass is 467 g/mol. The second kappa shape index (κ2) is 10.3. The summed E-state index contributed by atoms with van der Waals surface area (Å²) in [5.41, 5.74) is 0.377. The molecule has 0 aliphatic rings. The third-order valence-electron chi connectivity index (χ3n) is 4.31. The molecule has 0 atom stereocenters. The van der Waals surface area contributed by atoms with Crippen LogP contribution >= 0.6 is 11.8 Å². The number of non-ortho nitro benzene ring substituents is 1. The lowest BCUT2D eigenvalue weighted by Crippen LogP contribution is -2.14. The normalized spacial score (nSPS) is 10.3. The quantitative estimate of drug-likeness (QED) is 0.168. The van der Waals surface area contributed by atoms with Crippen LogP contribution in [-0.2, 0) is 4.79 Å². The molecule has 11 heteroatoms. The number of anilines is 2. The molecule has 3 aromatic carbocycles. The molecule has 0 spiro atoms. The van der Waals surface area contributed by atoms with Gasteiger partial charge in [0.1, 0.15) is 11.3 Å². The summed E-state index contributed by atoms with van der Waals surface area (Å²) in [5.74, 6) is -2.52. The first-order valence-corrected chi connectivity index (χ1v) is 10.4. The number of carbonyl (C=O) groups is 3. The average molecular weight is 467 g/mol. The molecule has 10 nitrogen and oxygen atoms in total. The minimum atomic E-state index is -1.31. The lowest BCUT2D eigenvalue weighted by atomic mass is 10.2. The van der Waals surface area contributed by atoms with Gasteiger partial charge in [0.05, 0.1) is 10.7 Å². The Labute approximate surface area is 191 Å². The van der Waals surface area contributed by atoms with E-state index in [1.54, 1.807) is 24.3 Å². The Kier molecular flexibility index (Phi) is 7.26. The van der Waals surface area contributed by atoms with Gasteiger partial charge in [0.15, 0.2) is 0 Å². The van der Waals surface area contributed by atoms with Crippen LogP contribution in [0.2, 0.25) is 0 Å². The van der Waals surface area contributed by atoms with E-state index in [9.17, 15) is 29.6 Å². The number of benzene rings is 3. The third-order valence-corrected chi connectivity index (χ3v) is 5.32. The highest BCUT2D eigenvalue weighted by molar-refractivity contribution is 8.00. The summed E-state index contributed by atoms with van der Waals surface area (Å²) >= 11 is 1.23. The van der Waals surface area contributed by atoms with Gasteiger partial charge in [0.2, 0.25) is 5.91 Å². The molecule has 0 bridgehead atoms. The molecule has 0 unspecified atom stereocenters. The molecule has 0 fully saturated rings. The summed E-state index contributed by atoms with van der Waals surface area (Å²) in [6.45, 7) is 0. The van der Waals surface area contributed by atoms with E-state index in [1.165, 1.54) is 54.2 Å². The van der Waals surface area contributed by atoms with Crippen LogP contribution in [0.15, 0.2) is 71.6 Å². The maximum absolute atomic E-state index is 12.3. The largest absolute Gasteiger partial charge is 0.507 e. The van der Waals surface area contributed by atoms with E-state index in [0.717, 1.165) is 4.90 Å². The highest BCUT2D eigenvalue weighted by Gasteiger charge is 2.13. The maximum Gasteiger partial charge on any atom is 0.339 e. The Morgan fingerprint density at radius 2 is 1.64 bits per heavy atom. The zero-order valence-electron chi connectivity index (χ0n) is 16.8. The number of hydrogen-bond donors (Lipinski definition) is 4. The Balaban J connectivity index is 1.54. The van der Waals surface area contributed by atoms with Crippen molar-refractivity contribution in [1.82, 2.24) is 0 Å². The number of hydrogen-bond acceptors (Lipinski definition) is 7. The van der Waals surface area contributed by atoms with E-state index in [4.69, 9.17) is 5.11 Å². The number of nitrogens with one attached hydrogen (secondary N) is 2. The van der Waals surface area contributed by atoms with Crippen LogP contribution in [0.4, 0.5) is 17.1 Å². The molecule has 3 aromatic rings. The van der Waals surface area contributed by atoms with Crippen LogP contribution in [0, 0.1) is 10.1 Å². The third kappa shape index (κ3) is 6.31. The molecule has 3 rings (SSSR count). The number of nitrogens with zero attached hydrogens (tertiary/aromatic N) is 1. The molecule has 0 aliphatic heterocycles. The van der Waals surface area contributed by atoms with Crippen molar-refractivity contribution in [2.24, 2.45) is 0 Å². The number of thioether (sulfide) groups is 1. The lowest BCUT2D eigenvalue weighted by Gasteiger charge is -2.08. The fraction of sp³-hybridized carbons (Fsp3) is 0.0455. The van der Waals surface area contributed by atoms with Gasteiger partial charge in [-0.2, -0.15) is 0 Å². The summed E-state index contributed by atoms with van der Waals surface area (Å²) in [5, 5.41) is 34.6. The fourth-order valence-corrected chi connectivity index (χ4v) is 3.43. The van der Waals surface area contributed by atoms with Gasteiger partial charge in [-0.25, -0.2) is 4.79 Å². The van der Waals surface area contributed by atoms with Gasteiger partial charge >= 0.3 is 5.97 Å². The second-order valence-electron chi connectivity index (χ2n) is 6.66. The SMILES string of the molecule is O=C(CSc1ccc(NC(=O)c2cccc([N+](=O)[O-])c2)cc1)Nc1ccc(O)c(C(=O)O)c1. The minimum Gasteiger partial charge on any atom is -0.507 e. The van der Waals surface area contributed by atoms with Crippen LogP contribution in [0.5, 0.6) is 5.75 Å². The van der Waals surface area contributed by atoms with Gasteiger partial charge in [-0.15, -0.1) is 11.8 Å². The summed E-state index contributed by atoms with van der Waals surface area (Å²) in [4.78, 5) is 46.5. The van der Waals surface area contributed by atoms with Crippen LogP contribution < -0.4 is 10.6 Å². The Hall–Kier alpha value is -4.38. The zero-order chi connectivity index (χ0) is 24.0. The number of carboxylic acid groups (broad SMARTS) is 1. The van der Waals surface area contributed by atoms with Crippen molar-refractivity contribution in [3.8, 4) is 5.75 Å². The molecular formula is C22H17N3O7S. The minimum absolute atomic E-state index is 0.0443. The summed E-state index contributed by atoms with van der Waals surface area (Å²) in [7, 11) is 0.